The molecule has 0 saturated carbocycles. The Bertz CT molecular complexity index is 776. The summed E-state index contributed by atoms with van der Waals surface area (Å²) in [6.07, 6.45) is 0. The number of nitrogens with one attached hydrogen (secondary N) is 2. The Morgan fingerprint density at radius 3 is 2.57 bits per heavy atom. The molecule has 1 amide bonds. The largest absolute Gasteiger partial charge is 0.406 e. The van der Waals surface area contributed by atoms with Crippen molar-refractivity contribution >= 4 is 29.0 Å². The highest BCUT2D eigenvalue weighted by atomic mass is 16.4. The quantitative estimate of drug-likeness (QED) is 0.464. The summed E-state index contributed by atoms with van der Waals surface area (Å²) < 4.78 is 5.45. The van der Waals surface area contributed by atoms with Gasteiger partial charge in [-0.05, 0) is 24.3 Å². The third-order valence-corrected chi connectivity index (χ3v) is 2.82. The van der Waals surface area contributed by atoms with Gasteiger partial charge in [0.1, 0.15) is 0 Å². The van der Waals surface area contributed by atoms with Crippen molar-refractivity contribution in [2.45, 2.75) is 0 Å². The minimum Gasteiger partial charge on any atom is -0.404 e. The Morgan fingerprint density at radius 1 is 1.10 bits per heavy atom. The SMILES string of the molecule is NC(NC(=O)c1ccccc1)=[NH+]c1nc2ccccc2o1. The molecule has 4 N–H and O–H groups in total. The normalized spacial score (nSPS) is 11.5. The van der Waals surface area contributed by atoms with Crippen LogP contribution in [0.2, 0.25) is 0 Å². The Morgan fingerprint density at radius 2 is 1.81 bits per heavy atom. The first-order chi connectivity index (χ1) is 10.2. The van der Waals surface area contributed by atoms with Gasteiger partial charge in [-0.3, -0.25) is 4.79 Å². The molecule has 2 aromatic carbocycles. The predicted molar refractivity (Wildman–Crippen MR) is 77.7 cm³/mol. The van der Waals surface area contributed by atoms with Crippen molar-refractivity contribution in [3.63, 3.8) is 0 Å². The number of guanidine groups is 1. The van der Waals surface area contributed by atoms with Crippen LogP contribution in [0.3, 0.4) is 0 Å². The third kappa shape index (κ3) is 2.89. The van der Waals surface area contributed by atoms with E-state index in [1.54, 1.807) is 30.3 Å². The van der Waals surface area contributed by atoms with Crippen LogP contribution in [-0.4, -0.2) is 16.9 Å². The molecule has 0 atom stereocenters. The minimum atomic E-state index is -0.309. The van der Waals surface area contributed by atoms with E-state index in [1.165, 1.54) is 0 Å². The summed E-state index contributed by atoms with van der Waals surface area (Å²) in [5, 5.41) is 2.53. The summed E-state index contributed by atoms with van der Waals surface area (Å²) in [7, 11) is 0. The average molecular weight is 281 g/mol. The molecular formula is C15H13N4O2+. The number of carbonyl (C=O) groups excluding carboxylic acids is 1. The highest BCUT2D eigenvalue weighted by Gasteiger charge is 2.12. The van der Waals surface area contributed by atoms with E-state index in [4.69, 9.17) is 10.2 Å². The first-order valence-electron chi connectivity index (χ1n) is 6.34. The van der Waals surface area contributed by atoms with Crippen LogP contribution in [-0.2, 0) is 0 Å². The third-order valence-electron chi connectivity index (χ3n) is 2.82. The molecule has 0 aliphatic rings. The molecule has 6 heteroatoms. The Balaban J connectivity index is 1.78. The van der Waals surface area contributed by atoms with Crippen molar-refractivity contribution in [2.24, 2.45) is 5.73 Å². The molecule has 6 nitrogen and oxygen atoms in total. The van der Waals surface area contributed by atoms with Gasteiger partial charge in [-0.2, -0.15) is 0 Å². The zero-order valence-electron chi connectivity index (χ0n) is 11.0. The molecule has 0 aliphatic carbocycles. The first kappa shape index (κ1) is 12.9. The lowest BCUT2D eigenvalue weighted by molar-refractivity contribution is -0.381. The summed E-state index contributed by atoms with van der Waals surface area (Å²) in [6, 6.07) is 16.3. The van der Waals surface area contributed by atoms with Gasteiger partial charge >= 0.3 is 12.0 Å². The van der Waals surface area contributed by atoms with Gasteiger partial charge in [0, 0.05) is 0 Å². The number of benzene rings is 2. The second-order valence-electron chi connectivity index (χ2n) is 4.35. The molecule has 0 fully saturated rings. The van der Waals surface area contributed by atoms with Crippen molar-refractivity contribution in [3.8, 4) is 0 Å². The minimum absolute atomic E-state index is 0.0513. The number of nitrogens with two attached hydrogens (primary N) is 1. The summed E-state index contributed by atoms with van der Waals surface area (Å²) in [5.41, 5.74) is 7.60. The fourth-order valence-corrected chi connectivity index (χ4v) is 1.86. The molecule has 0 saturated heterocycles. The number of rotatable bonds is 2. The highest BCUT2D eigenvalue weighted by Crippen LogP contribution is 2.14. The topological polar surface area (TPSA) is 95.1 Å². The number of para-hydroxylation sites is 2. The van der Waals surface area contributed by atoms with Crippen LogP contribution in [0, 0.1) is 0 Å². The molecule has 0 unspecified atom stereocenters. The molecule has 1 aromatic heterocycles. The Labute approximate surface area is 120 Å². The fraction of sp³-hybridized carbons (Fsp3) is 0. The van der Waals surface area contributed by atoms with E-state index < -0.39 is 0 Å². The van der Waals surface area contributed by atoms with Crippen molar-refractivity contribution in [1.82, 2.24) is 10.3 Å². The Hall–Kier alpha value is -3.15. The van der Waals surface area contributed by atoms with Crippen LogP contribution in [0.5, 0.6) is 0 Å². The number of hydrogen-bond acceptors (Lipinski definition) is 3. The second kappa shape index (κ2) is 5.46. The van der Waals surface area contributed by atoms with Crippen LogP contribution < -0.4 is 16.0 Å². The number of amides is 1. The molecule has 0 spiro atoms. The molecule has 3 aromatic rings. The monoisotopic (exact) mass is 281 g/mol. The number of aromatic nitrogens is 1. The summed E-state index contributed by atoms with van der Waals surface area (Å²) in [5.74, 6) is -0.257. The van der Waals surface area contributed by atoms with Crippen LogP contribution in [0.25, 0.3) is 11.1 Å². The van der Waals surface area contributed by atoms with Gasteiger partial charge < -0.3 is 10.2 Å². The van der Waals surface area contributed by atoms with E-state index in [0.717, 1.165) is 0 Å². The molecule has 1 heterocycles. The summed E-state index contributed by atoms with van der Waals surface area (Å²) in [4.78, 5) is 18.8. The smallest absolute Gasteiger partial charge is 0.404 e. The summed E-state index contributed by atoms with van der Waals surface area (Å²) >= 11 is 0. The van der Waals surface area contributed by atoms with Gasteiger partial charge in [0.05, 0.1) is 5.56 Å². The average Bonchev–Trinajstić information content (AvgIpc) is 2.90. The van der Waals surface area contributed by atoms with Crippen molar-refractivity contribution in [2.75, 3.05) is 0 Å². The van der Waals surface area contributed by atoms with E-state index in [2.05, 4.69) is 15.3 Å². The number of hydrogen-bond donors (Lipinski definition) is 3. The van der Waals surface area contributed by atoms with Crippen LogP contribution >= 0.6 is 0 Å². The number of fused-ring (bicyclic) bond motifs is 1. The number of carbonyl (C=O) groups is 1. The zero-order valence-corrected chi connectivity index (χ0v) is 11.0. The lowest BCUT2D eigenvalue weighted by Crippen LogP contribution is -2.74. The Kier molecular flexibility index (Phi) is 3.34. The van der Waals surface area contributed by atoms with E-state index in [1.807, 2.05) is 24.3 Å². The van der Waals surface area contributed by atoms with Gasteiger partial charge in [0.15, 0.2) is 11.1 Å². The van der Waals surface area contributed by atoms with Gasteiger partial charge in [-0.25, -0.2) is 10.3 Å². The predicted octanol–water partition coefficient (Wildman–Crippen LogP) is 0.285. The molecular weight excluding hydrogens is 268 g/mol. The van der Waals surface area contributed by atoms with E-state index in [9.17, 15) is 4.79 Å². The van der Waals surface area contributed by atoms with Gasteiger partial charge in [0.2, 0.25) is 0 Å². The van der Waals surface area contributed by atoms with Crippen molar-refractivity contribution in [3.05, 3.63) is 60.2 Å². The number of nitrogens with zero attached hydrogens (tertiary/aromatic N) is 1. The standard InChI is InChI=1S/C15H12N4O2/c16-14(18-13(20)10-6-2-1-3-7-10)19-15-17-11-8-4-5-9-12(11)21-15/h1-9H,(H3,16,17,18,19,20)/p+1. The maximum Gasteiger partial charge on any atom is 0.406 e. The maximum atomic E-state index is 11.9. The molecule has 3 rings (SSSR count). The van der Waals surface area contributed by atoms with Gasteiger partial charge in [-0.1, -0.05) is 35.3 Å². The van der Waals surface area contributed by atoms with E-state index in [-0.39, 0.29) is 17.9 Å². The van der Waals surface area contributed by atoms with Gasteiger partial charge in [0.25, 0.3) is 5.91 Å². The first-order valence-corrected chi connectivity index (χ1v) is 6.34. The van der Waals surface area contributed by atoms with Gasteiger partial charge in [-0.15, -0.1) is 0 Å². The molecule has 0 bridgehead atoms. The van der Waals surface area contributed by atoms with Crippen LogP contribution in [0.1, 0.15) is 10.4 Å². The van der Waals surface area contributed by atoms with Crippen molar-refractivity contribution < 1.29 is 14.2 Å². The molecule has 0 aliphatic heterocycles. The second-order valence-corrected chi connectivity index (χ2v) is 4.35. The van der Waals surface area contributed by atoms with Crippen LogP contribution in [0.15, 0.2) is 59.0 Å². The fourth-order valence-electron chi connectivity index (χ4n) is 1.86. The lowest BCUT2D eigenvalue weighted by atomic mass is 10.2. The number of oxazole rings is 1. The zero-order chi connectivity index (χ0) is 14.7. The van der Waals surface area contributed by atoms with Crippen LogP contribution in [0.4, 0.5) is 6.01 Å². The maximum absolute atomic E-state index is 11.9. The lowest BCUT2D eigenvalue weighted by Gasteiger charge is -1.98. The molecule has 104 valence electrons. The highest BCUT2D eigenvalue weighted by molar-refractivity contribution is 6.03. The molecule has 21 heavy (non-hydrogen) atoms. The van der Waals surface area contributed by atoms with E-state index >= 15 is 0 Å². The van der Waals surface area contributed by atoms with Crippen molar-refractivity contribution in [1.29, 1.82) is 0 Å². The van der Waals surface area contributed by atoms with E-state index in [0.29, 0.717) is 16.7 Å². The molecule has 0 radical (unpaired) electrons. The summed E-state index contributed by atoms with van der Waals surface area (Å²) in [6.45, 7) is 0.